The van der Waals surface area contributed by atoms with Crippen LogP contribution in [0.1, 0.15) is 106 Å². The fourth-order valence-electron chi connectivity index (χ4n) is 16.6. The van der Waals surface area contributed by atoms with Gasteiger partial charge in [0, 0.05) is 0 Å². The quantitative estimate of drug-likeness (QED) is 0.0524. The van der Waals surface area contributed by atoms with Crippen molar-refractivity contribution in [3.05, 3.63) is 11.6 Å². The Morgan fingerprint density at radius 1 is 0.526 bits per heavy atom. The molecule has 4 saturated carbocycles. The molecule has 0 unspecified atom stereocenters. The van der Waals surface area contributed by atoms with Gasteiger partial charge in [-0.15, -0.1) is 0 Å². The van der Waals surface area contributed by atoms with Gasteiger partial charge in [-0.25, -0.2) is 0 Å². The fourth-order valence-corrected chi connectivity index (χ4v) is 16.6. The first-order chi connectivity index (χ1) is 36.5. The monoisotopic (exact) mass is 1120 g/mol. The lowest BCUT2D eigenvalue weighted by atomic mass is 9.33. The summed E-state index contributed by atoms with van der Waals surface area (Å²) in [6.45, 7) is 12.3. The van der Waals surface area contributed by atoms with E-state index < -0.39 is 190 Å². The molecule has 0 bridgehead atoms. The van der Waals surface area contributed by atoms with Crippen molar-refractivity contribution in [1.82, 2.24) is 0 Å². The highest BCUT2D eigenvalue weighted by Crippen LogP contribution is 2.76. The number of hydrogen-bond donors (Lipinski definition) is 15. The number of hydrogen-bond acceptors (Lipinski definition) is 24. The van der Waals surface area contributed by atoms with E-state index in [1.165, 1.54) is 0 Å². The Hall–Kier alpha value is -1.67. The second kappa shape index (κ2) is 22.1. The van der Waals surface area contributed by atoms with Crippen molar-refractivity contribution in [3.8, 4) is 0 Å². The molecule has 8 fully saturated rings. The van der Waals surface area contributed by atoms with E-state index in [4.69, 9.17) is 37.9 Å². The molecule has 4 saturated heterocycles. The SMILES string of the molecule is CC1(C)CC[C@]2(C(=O)O[C@@H]3O[C@H](CO)[C@@H](O)[C@H](O)[C@H]3O)[C@H](O)C[C@]3(C)C(=CC[C@@H]4[C@@]5(C)CC[C@H](O[C@@H]6O[C@H](CO)[C@@H](O)[C@H](O[C@@H]7O[C@H](CO)[C@@H](O)[C@H](O[C@@H]8O[C@H](CO)[C@@H](O)[C@H](O)[C@H]8O)[C@H]7O)[C@H]6O)C(C)(C)[C@@H]5CC[C@]43C)[C@@H]2C1. The third kappa shape index (κ3) is 9.67. The number of allylic oxidation sites excluding steroid dienone is 2. The lowest BCUT2D eigenvalue weighted by Gasteiger charge is -2.71. The zero-order chi connectivity index (χ0) is 57.1. The number of esters is 1. The van der Waals surface area contributed by atoms with Crippen LogP contribution in [0, 0.1) is 50.2 Å². The lowest BCUT2D eigenvalue weighted by molar-refractivity contribution is -0.385. The van der Waals surface area contributed by atoms with E-state index in [1.807, 2.05) is 0 Å². The van der Waals surface area contributed by atoms with Crippen LogP contribution in [0.2, 0.25) is 0 Å². The van der Waals surface area contributed by atoms with Crippen molar-refractivity contribution >= 4 is 5.97 Å². The van der Waals surface area contributed by atoms with Gasteiger partial charge in [-0.3, -0.25) is 4.79 Å². The van der Waals surface area contributed by atoms with Crippen LogP contribution in [0.3, 0.4) is 0 Å². The summed E-state index contributed by atoms with van der Waals surface area (Å²) in [7, 11) is 0. The van der Waals surface area contributed by atoms with Gasteiger partial charge in [0.25, 0.3) is 0 Å². The normalized spacial score (nSPS) is 53.9. The maximum absolute atomic E-state index is 14.8. The standard InChI is InChI=1S/C54H88O24/c1-49(2)14-15-54(48(70)78-45-39(67)37(65)33(61)25(19-56)72-45)23(16-49)22-8-9-29-51(5)12-11-31(50(3,4)28(51)10-13-52(29,6)53(22,7)17-30(54)59)75-46-40(68)42(34(62)26(20-57)73-46)77-47-41(69)43(35(63)27(21-58)74-47)76-44-38(66)36(64)32(60)24(18-55)71-44/h8,23-47,55-69H,9-21H2,1-7H3/t23-,24+,25+,26+,27+,28-,29+,30+,31-,32+,33+,34+,35+,36-,37-,38+,39+,40+,41+,42-,43-,44-,45-,46-,47-,51-,52+,53+,54+/m0/s1. The number of carbonyl (C=O) groups is 1. The van der Waals surface area contributed by atoms with E-state index >= 15 is 0 Å². The minimum Gasteiger partial charge on any atom is -0.432 e. The first-order valence-corrected chi connectivity index (χ1v) is 27.9. The molecule has 0 spiro atoms. The van der Waals surface area contributed by atoms with Gasteiger partial charge in [0.2, 0.25) is 6.29 Å². The second-order valence-electron chi connectivity index (χ2n) is 26.4. The van der Waals surface area contributed by atoms with Gasteiger partial charge in [0.05, 0.1) is 38.6 Å². The van der Waals surface area contributed by atoms with Crippen LogP contribution in [0.4, 0.5) is 0 Å². The molecule has 4 heterocycles. The Morgan fingerprint density at radius 2 is 1.00 bits per heavy atom. The smallest absolute Gasteiger partial charge is 0.317 e. The molecule has 78 heavy (non-hydrogen) atoms. The second-order valence-corrected chi connectivity index (χ2v) is 26.4. The van der Waals surface area contributed by atoms with E-state index in [-0.39, 0.29) is 34.5 Å². The summed E-state index contributed by atoms with van der Waals surface area (Å²) in [6.07, 6.45) is -28.4. The molecule has 9 aliphatic rings. The summed E-state index contributed by atoms with van der Waals surface area (Å²) in [4.78, 5) is 14.8. The van der Waals surface area contributed by atoms with E-state index in [1.54, 1.807) is 0 Å². The molecular weight excluding hydrogens is 1030 g/mol. The topological polar surface area (TPSA) is 394 Å². The summed E-state index contributed by atoms with van der Waals surface area (Å²) < 4.78 is 47.3. The number of carbonyl (C=O) groups excluding carboxylic acids is 1. The third-order valence-corrected chi connectivity index (χ3v) is 21.4. The Balaban J connectivity index is 0.929. The van der Waals surface area contributed by atoms with Gasteiger partial charge >= 0.3 is 5.97 Å². The van der Waals surface area contributed by atoms with Gasteiger partial charge in [0.15, 0.2) is 18.9 Å². The van der Waals surface area contributed by atoms with Crippen molar-refractivity contribution in [1.29, 1.82) is 0 Å². The maximum atomic E-state index is 14.8. The molecule has 0 aromatic rings. The van der Waals surface area contributed by atoms with Crippen LogP contribution in [0.15, 0.2) is 11.6 Å². The largest absolute Gasteiger partial charge is 0.432 e. The summed E-state index contributed by atoms with van der Waals surface area (Å²) in [5.41, 5.74) is -2.39. The van der Waals surface area contributed by atoms with Gasteiger partial charge in [-0.1, -0.05) is 60.1 Å². The molecule has 0 amide bonds. The predicted octanol–water partition coefficient (Wildman–Crippen LogP) is -3.06. The van der Waals surface area contributed by atoms with Crippen molar-refractivity contribution < 1.29 is 119 Å². The Morgan fingerprint density at radius 3 is 1.53 bits per heavy atom. The Labute approximate surface area is 453 Å². The molecule has 15 N–H and O–H groups in total. The zero-order valence-corrected chi connectivity index (χ0v) is 45.6. The van der Waals surface area contributed by atoms with Crippen LogP contribution >= 0.6 is 0 Å². The summed E-state index contributed by atoms with van der Waals surface area (Å²) in [6, 6.07) is 0. The van der Waals surface area contributed by atoms with Crippen molar-refractivity contribution in [2.45, 2.75) is 241 Å². The van der Waals surface area contributed by atoms with Crippen molar-refractivity contribution in [2.75, 3.05) is 26.4 Å². The van der Waals surface area contributed by atoms with Gasteiger partial charge in [-0.05, 0) is 103 Å². The van der Waals surface area contributed by atoms with Crippen molar-refractivity contribution in [3.63, 3.8) is 0 Å². The molecule has 0 aromatic heterocycles. The summed E-state index contributed by atoms with van der Waals surface area (Å²) in [5.74, 6) is -1.08. The number of fused-ring (bicyclic) bond motifs is 7. The molecule has 24 heteroatoms. The average molecular weight is 1120 g/mol. The molecule has 0 aromatic carbocycles. The van der Waals surface area contributed by atoms with Gasteiger partial charge in [0.1, 0.15) is 103 Å². The van der Waals surface area contributed by atoms with E-state index in [2.05, 4.69) is 54.5 Å². The van der Waals surface area contributed by atoms with Crippen LogP contribution in [0.25, 0.3) is 0 Å². The van der Waals surface area contributed by atoms with E-state index in [0.717, 1.165) is 18.4 Å². The molecule has 9 rings (SSSR count). The van der Waals surface area contributed by atoms with E-state index in [9.17, 15) is 81.4 Å². The highest BCUT2D eigenvalue weighted by Gasteiger charge is 2.72. The minimum absolute atomic E-state index is 0.0374. The van der Waals surface area contributed by atoms with Gasteiger partial charge in [-0.2, -0.15) is 0 Å². The highest BCUT2D eigenvalue weighted by atomic mass is 16.8. The fraction of sp³-hybridized carbons (Fsp3) is 0.944. The molecule has 0 radical (unpaired) electrons. The first kappa shape index (κ1) is 60.9. The van der Waals surface area contributed by atoms with Gasteiger partial charge < -0.3 is 114 Å². The molecule has 5 aliphatic carbocycles. The Bertz CT molecular complexity index is 2150. The number of ether oxygens (including phenoxy) is 8. The molecule has 24 nitrogen and oxygen atoms in total. The Kier molecular flexibility index (Phi) is 17.2. The van der Waals surface area contributed by atoms with Crippen molar-refractivity contribution in [2.24, 2.45) is 50.2 Å². The van der Waals surface area contributed by atoms with E-state index in [0.29, 0.717) is 38.5 Å². The summed E-state index contributed by atoms with van der Waals surface area (Å²) >= 11 is 0. The van der Waals surface area contributed by atoms with Crippen LogP contribution in [0.5, 0.6) is 0 Å². The number of aliphatic hydroxyl groups excluding tert-OH is 15. The maximum Gasteiger partial charge on any atom is 0.317 e. The molecule has 29 atom stereocenters. The third-order valence-electron chi connectivity index (χ3n) is 21.4. The minimum atomic E-state index is -1.99. The number of aliphatic hydroxyl groups is 15. The number of rotatable bonds is 12. The van der Waals surface area contributed by atoms with Crippen LogP contribution in [-0.2, 0) is 42.7 Å². The van der Waals surface area contributed by atoms with Crippen LogP contribution < -0.4 is 0 Å². The highest BCUT2D eigenvalue weighted by molar-refractivity contribution is 5.80. The average Bonchev–Trinajstić information content (AvgIpc) is 2.60. The summed E-state index contributed by atoms with van der Waals surface area (Å²) in [5, 5.41) is 162. The first-order valence-electron chi connectivity index (χ1n) is 27.9. The predicted molar refractivity (Wildman–Crippen MR) is 264 cm³/mol. The zero-order valence-electron chi connectivity index (χ0n) is 45.6. The molecule has 448 valence electrons. The lowest BCUT2D eigenvalue weighted by Crippen LogP contribution is -2.68. The molecule has 4 aliphatic heterocycles. The molecular formula is C54H88O24. The van der Waals surface area contributed by atoms with Crippen LogP contribution in [-0.4, -0.2) is 244 Å².